The van der Waals surface area contributed by atoms with E-state index >= 15 is 0 Å². The van der Waals surface area contributed by atoms with Crippen LogP contribution in [0.25, 0.3) is 11.1 Å². The summed E-state index contributed by atoms with van der Waals surface area (Å²) in [7, 11) is 0. The average molecular weight is 324 g/mol. The Hall–Kier alpha value is -1.91. The summed E-state index contributed by atoms with van der Waals surface area (Å²) in [6.45, 7) is 0.641. The van der Waals surface area contributed by atoms with Gasteiger partial charge in [0.15, 0.2) is 5.58 Å². The van der Waals surface area contributed by atoms with Gasteiger partial charge in [-0.2, -0.15) is 0 Å². The normalized spacial score (nSPS) is 11.0. The zero-order chi connectivity index (χ0) is 14.8. The van der Waals surface area contributed by atoms with Gasteiger partial charge in [0.1, 0.15) is 12.4 Å². The number of hydrogen-bond donors (Lipinski definition) is 0. The molecule has 0 spiro atoms. The van der Waals surface area contributed by atoms with Gasteiger partial charge in [0.2, 0.25) is 0 Å². The number of nitrogens with zero attached hydrogens (tertiary/aromatic N) is 1. The van der Waals surface area contributed by atoms with Crippen LogP contribution in [0.1, 0.15) is 0 Å². The van der Waals surface area contributed by atoms with Crippen molar-refractivity contribution in [1.29, 1.82) is 0 Å². The van der Waals surface area contributed by atoms with Crippen LogP contribution in [0.2, 0.25) is 10.0 Å². The molecule has 4 nitrogen and oxygen atoms in total. The Labute approximate surface area is 130 Å². The first kappa shape index (κ1) is 14.0. The van der Waals surface area contributed by atoms with E-state index in [2.05, 4.69) is 0 Å². The Morgan fingerprint density at radius 1 is 1.14 bits per heavy atom. The molecule has 0 unspecified atom stereocenters. The lowest BCUT2D eigenvalue weighted by atomic mass is 10.3. The van der Waals surface area contributed by atoms with E-state index < -0.39 is 5.76 Å². The van der Waals surface area contributed by atoms with Crippen molar-refractivity contribution in [2.45, 2.75) is 6.54 Å². The third-order valence-corrected chi connectivity index (χ3v) is 3.59. The maximum absolute atomic E-state index is 11.8. The lowest BCUT2D eigenvalue weighted by Crippen LogP contribution is -2.18. The van der Waals surface area contributed by atoms with E-state index in [1.807, 2.05) is 18.2 Å². The molecule has 108 valence electrons. The summed E-state index contributed by atoms with van der Waals surface area (Å²) >= 11 is 11.9. The van der Waals surface area contributed by atoms with E-state index in [0.717, 1.165) is 5.52 Å². The molecule has 2 aromatic carbocycles. The van der Waals surface area contributed by atoms with Gasteiger partial charge in [-0.15, -0.1) is 0 Å². The van der Waals surface area contributed by atoms with E-state index in [4.69, 9.17) is 32.4 Å². The number of fused-ring (bicyclic) bond motifs is 1. The molecule has 0 saturated carbocycles. The van der Waals surface area contributed by atoms with Crippen LogP contribution < -0.4 is 10.5 Å². The van der Waals surface area contributed by atoms with Crippen LogP contribution >= 0.6 is 23.2 Å². The van der Waals surface area contributed by atoms with Gasteiger partial charge in [0.05, 0.1) is 17.1 Å². The lowest BCUT2D eigenvalue weighted by Gasteiger charge is -2.08. The topological polar surface area (TPSA) is 44.4 Å². The fraction of sp³-hybridized carbons (Fsp3) is 0.133. The van der Waals surface area contributed by atoms with E-state index in [9.17, 15) is 4.79 Å². The first-order chi connectivity index (χ1) is 10.1. The van der Waals surface area contributed by atoms with Gasteiger partial charge in [0, 0.05) is 11.1 Å². The molecule has 3 aromatic rings. The van der Waals surface area contributed by atoms with E-state index in [1.165, 1.54) is 4.57 Å². The lowest BCUT2D eigenvalue weighted by molar-refractivity contribution is 0.294. The molecule has 1 aromatic heterocycles. The van der Waals surface area contributed by atoms with E-state index in [1.54, 1.807) is 24.3 Å². The Morgan fingerprint density at radius 2 is 1.95 bits per heavy atom. The van der Waals surface area contributed by atoms with Gasteiger partial charge >= 0.3 is 5.76 Å². The smallest absolute Gasteiger partial charge is 0.420 e. The van der Waals surface area contributed by atoms with Crippen molar-refractivity contribution in [2.24, 2.45) is 0 Å². The molecule has 0 fully saturated rings. The molecule has 0 amide bonds. The molecular formula is C15H11Cl2NO3. The summed E-state index contributed by atoms with van der Waals surface area (Å²) in [5, 5.41) is 1.02. The van der Waals surface area contributed by atoms with Crippen molar-refractivity contribution in [2.75, 3.05) is 6.61 Å². The minimum absolute atomic E-state index is 0.281. The summed E-state index contributed by atoms with van der Waals surface area (Å²) in [6, 6.07) is 12.2. The van der Waals surface area contributed by atoms with Gasteiger partial charge in [-0.05, 0) is 24.3 Å². The zero-order valence-electron chi connectivity index (χ0n) is 10.9. The highest BCUT2D eigenvalue weighted by Gasteiger charge is 2.09. The molecule has 3 rings (SSSR count). The molecule has 0 aliphatic carbocycles. The number of benzene rings is 2. The number of para-hydroxylation sites is 2. The minimum atomic E-state index is -0.406. The van der Waals surface area contributed by atoms with Crippen molar-refractivity contribution < 1.29 is 9.15 Å². The third-order valence-electron chi connectivity index (χ3n) is 3.04. The largest absolute Gasteiger partial charge is 0.490 e. The minimum Gasteiger partial charge on any atom is -0.490 e. The maximum atomic E-state index is 11.8. The van der Waals surface area contributed by atoms with Crippen LogP contribution in [0.3, 0.4) is 0 Å². The highest BCUT2D eigenvalue weighted by Crippen LogP contribution is 2.27. The van der Waals surface area contributed by atoms with Gasteiger partial charge in [-0.25, -0.2) is 4.79 Å². The number of rotatable bonds is 4. The van der Waals surface area contributed by atoms with Crippen LogP contribution in [-0.4, -0.2) is 11.2 Å². The highest BCUT2D eigenvalue weighted by molar-refractivity contribution is 6.34. The van der Waals surface area contributed by atoms with Crippen LogP contribution in [0.5, 0.6) is 5.75 Å². The third kappa shape index (κ3) is 2.91. The van der Waals surface area contributed by atoms with Crippen LogP contribution in [0, 0.1) is 0 Å². The predicted molar refractivity (Wildman–Crippen MR) is 82.4 cm³/mol. The Kier molecular flexibility index (Phi) is 3.90. The molecule has 0 aliphatic heterocycles. The fourth-order valence-corrected chi connectivity index (χ4v) is 2.39. The molecule has 0 aliphatic rings. The molecule has 0 radical (unpaired) electrons. The Morgan fingerprint density at radius 3 is 2.81 bits per heavy atom. The molecular weight excluding hydrogens is 313 g/mol. The number of oxazole rings is 1. The molecule has 0 atom stereocenters. The second-order valence-corrected chi connectivity index (χ2v) is 5.25. The highest BCUT2D eigenvalue weighted by atomic mass is 35.5. The van der Waals surface area contributed by atoms with Gasteiger partial charge < -0.3 is 9.15 Å². The average Bonchev–Trinajstić information content (AvgIpc) is 2.79. The van der Waals surface area contributed by atoms with Crippen LogP contribution in [0.15, 0.2) is 51.7 Å². The summed E-state index contributed by atoms with van der Waals surface area (Å²) < 4.78 is 12.2. The number of halogens is 2. The first-order valence-electron chi connectivity index (χ1n) is 6.31. The van der Waals surface area contributed by atoms with Gasteiger partial charge in [-0.3, -0.25) is 4.57 Å². The number of hydrogen-bond acceptors (Lipinski definition) is 3. The van der Waals surface area contributed by atoms with Crippen molar-refractivity contribution in [3.8, 4) is 5.75 Å². The van der Waals surface area contributed by atoms with E-state index in [0.29, 0.717) is 27.9 Å². The second kappa shape index (κ2) is 5.84. The molecule has 0 saturated heterocycles. The van der Waals surface area contributed by atoms with Crippen molar-refractivity contribution in [3.05, 3.63) is 63.1 Å². The quantitative estimate of drug-likeness (QED) is 0.729. The molecule has 0 bridgehead atoms. The summed E-state index contributed by atoms with van der Waals surface area (Å²) in [5.74, 6) is 0.0852. The number of ether oxygens (including phenoxy) is 1. The zero-order valence-corrected chi connectivity index (χ0v) is 12.4. The fourth-order valence-electron chi connectivity index (χ4n) is 2.06. The van der Waals surface area contributed by atoms with E-state index in [-0.39, 0.29) is 6.61 Å². The molecule has 21 heavy (non-hydrogen) atoms. The van der Waals surface area contributed by atoms with Gasteiger partial charge in [0.25, 0.3) is 0 Å². The van der Waals surface area contributed by atoms with Gasteiger partial charge in [-0.1, -0.05) is 35.3 Å². The first-order valence-corrected chi connectivity index (χ1v) is 7.07. The Balaban J connectivity index is 1.77. The van der Waals surface area contributed by atoms with Crippen molar-refractivity contribution in [3.63, 3.8) is 0 Å². The Bertz CT molecular complexity index is 838. The van der Waals surface area contributed by atoms with Crippen LogP contribution in [-0.2, 0) is 6.54 Å². The van der Waals surface area contributed by atoms with Crippen LogP contribution in [0.4, 0.5) is 0 Å². The maximum Gasteiger partial charge on any atom is 0.420 e. The van der Waals surface area contributed by atoms with Crippen molar-refractivity contribution in [1.82, 2.24) is 4.57 Å². The monoisotopic (exact) mass is 323 g/mol. The molecule has 1 heterocycles. The summed E-state index contributed by atoms with van der Waals surface area (Å²) in [5.41, 5.74) is 1.30. The SMILES string of the molecule is O=c1oc2ccccc2n1CCOc1cc(Cl)ccc1Cl. The predicted octanol–water partition coefficient (Wildman–Crippen LogP) is 3.98. The molecule has 0 N–H and O–H groups in total. The summed E-state index contributed by atoms with van der Waals surface area (Å²) in [4.78, 5) is 11.8. The summed E-state index contributed by atoms with van der Waals surface area (Å²) in [6.07, 6.45) is 0. The number of aromatic nitrogens is 1. The second-order valence-electron chi connectivity index (χ2n) is 4.41. The molecule has 6 heteroatoms. The van der Waals surface area contributed by atoms with Crippen molar-refractivity contribution >= 4 is 34.3 Å². The standard InChI is InChI=1S/C15H11Cl2NO3/c16-10-5-6-11(17)14(9-10)20-8-7-18-12-3-1-2-4-13(12)21-15(18)19/h1-6,9H,7-8H2.